The first-order valence-electron chi connectivity index (χ1n) is 7.19. The first kappa shape index (κ1) is 18.1. The van der Waals surface area contributed by atoms with E-state index in [1.54, 1.807) is 30.3 Å². The molecule has 122 valence electrons. The Bertz CT molecular complexity index is 687. The van der Waals surface area contributed by atoms with Gasteiger partial charge in [-0.1, -0.05) is 52.5 Å². The average Bonchev–Trinajstić information content (AvgIpc) is 2.47. The monoisotopic (exact) mass is 415 g/mol. The molecule has 1 amide bonds. The SMILES string of the molecule is CCCCOc1ccc(Br)cc1C(=O)Nc1cc(Cl)cc(Cl)c1. The molecule has 0 bridgehead atoms. The Labute approximate surface area is 154 Å². The molecule has 0 aromatic heterocycles. The van der Waals surface area contributed by atoms with Crippen molar-refractivity contribution in [1.82, 2.24) is 0 Å². The van der Waals surface area contributed by atoms with Crippen molar-refractivity contribution in [2.45, 2.75) is 19.8 Å². The largest absolute Gasteiger partial charge is 0.493 e. The van der Waals surface area contributed by atoms with E-state index in [0.717, 1.165) is 17.3 Å². The van der Waals surface area contributed by atoms with E-state index in [4.69, 9.17) is 27.9 Å². The van der Waals surface area contributed by atoms with E-state index in [1.165, 1.54) is 0 Å². The van der Waals surface area contributed by atoms with Crippen LogP contribution in [0.15, 0.2) is 40.9 Å². The zero-order valence-corrected chi connectivity index (χ0v) is 15.6. The van der Waals surface area contributed by atoms with E-state index in [2.05, 4.69) is 28.2 Å². The van der Waals surface area contributed by atoms with E-state index < -0.39 is 0 Å². The Morgan fingerprint density at radius 2 is 1.87 bits per heavy atom. The van der Waals surface area contributed by atoms with Crippen molar-refractivity contribution in [2.24, 2.45) is 0 Å². The molecule has 0 fully saturated rings. The number of carbonyl (C=O) groups is 1. The van der Waals surface area contributed by atoms with Gasteiger partial charge in [0.1, 0.15) is 5.75 Å². The summed E-state index contributed by atoms with van der Waals surface area (Å²) in [7, 11) is 0. The Hall–Kier alpha value is -1.23. The zero-order chi connectivity index (χ0) is 16.8. The molecule has 0 saturated carbocycles. The van der Waals surface area contributed by atoms with Gasteiger partial charge in [0.15, 0.2) is 0 Å². The van der Waals surface area contributed by atoms with Crippen molar-refractivity contribution < 1.29 is 9.53 Å². The summed E-state index contributed by atoms with van der Waals surface area (Å²) in [5, 5.41) is 3.71. The van der Waals surface area contributed by atoms with Crippen LogP contribution in [0.4, 0.5) is 5.69 Å². The molecule has 0 saturated heterocycles. The first-order chi connectivity index (χ1) is 11.0. The molecule has 0 unspecified atom stereocenters. The number of unbranched alkanes of at least 4 members (excludes halogenated alkanes) is 1. The lowest BCUT2D eigenvalue weighted by Gasteiger charge is -2.12. The van der Waals surface area contributed by atoms with Crippen molar-refractivity contribution >= 4 is 50.7 Å². The molecule has 0 spiro atoms. The maximum Gasteiger partial charge on any atom is 0.259 e. The first-order valence-corrected chi connectivity index (χ1v) is 8.74. The summed E-state index contributed by atoms with van der Waals surface area (Å²) in [4.78, 5) is 12.5. The topological polar surface area (TPSA) is 38.3 Å². The van der Waals surface area contributed by atoms with Crippen LogP contribution in [0, 0.1) is 0 Å². The third-order valence-electron chi connectivity index (χ3n) is 3.06. The molecule has 0 aliphatic carbocycles. The van der Waals surface area contributed by atoms with Gasteiger partial charge in [-0.2, -0.15) is 0 Å². The van der Waals surface area contributed by atoms with E-state index in [0.29, 0.717) is 33.7 Å². The second-order valence-electron chi connectivity index (χ2n) is 4.95. The molecular weight excluding hydrogens is 401 g/mol. The summed E-state index contributed by atoms with van der Waals surface area (Å²) in [5.74, 6) is 0.267. The van der Waals surface area contributed by atoms with Gasteiger partial charge < -0.3 is 10.1 Å². The van der Waals surface area contributed by atoms with Crippen molar-refractivity contribution in [3.05, 3.63) is 56.5 Å². The summed E-state index contributed by atoms with van der Waals surface area (Å²) >= 11 is 15.3. The fourth-order valence-electron chi connectivity index (χ4n) is 1.96. The summed E-state index contributed by atoms with van der Waals surface area (Å²) in [5.41, 5.74) is 0.985. The molecule has 3 nitrogen and oxygen atoms in total. The fourth-order valence-corrected chi connectivity index (χ4v) is 2.84. The molecule has 0 aliphatic rings. The Morgan fingerprint density at radius 1 is 1.17 bits per heavy atom. The lowest BCUT2D eigenvalue weighted by molar-refractivity contribution is 0.102. The summed E-state index contributed by atoms with van der Waals surface area (Å²) in [6.07, 6.45) is 1.96. The Morgan fingerprint density at radius 3 is 2.52 bits per heavy atom. The lowest BCUT2D eigenvalue weighted by Crippen LogP contribution is -2.14. The van der Waals surface area contributed by atoms with E-state index in [1.807, 2.05) is 6.07 Å². The maximum absolute atomic E-state index is 12.5. The zero-order valence-electron chi connectivity index (χ0n) is 12.5. The normalized spacial score (nSPS) is 10.4. The van der Waals surface area contributed by atoms with Gasteiger partial charge in [0.2, 0.25) is 0 Å². The highest BCUT2D eigenvalue weighted by molar-refractivity contribution is 9.10. The predicted octanol–water partition coefficient (Wildman–Crippen LogP) is 6.19. The van der Waals surface area contributed by atoms with Crippen LogP contribution in [0.3, 0.4) is 0 Å². The van der Waals surface area contributed by atoms with Crippen LogP contribution in [0.5, 0.6) is 5.75 Å². The fraction of sp³-hybridized carbons (Fsp3) is 0.235. The molecule has 2 aromatic rings. The van der Waals surface area contributed by atoms with Crippen molar-refractivity contribution in [3.63, 3.8) is 0 Å². The highest BCUT2D eigenvalue weighted by atomic mass is 79.9. The van der Waals surface area contributed by atoms with Gasteiger partial charge in [-0.15, -0.1) is 0 Å². The molecule has 2 aromatic carbocycles. The number of ether oxygens (including phenoxy) is 1. The van der Waals surface area contributed by atoms with Crippen LogP contribution < -0.4 is 10.1 Å². The third kappa shape index (κ3) is 5.41. The number of amides is 1. The smallest absolute Gasteiger partial charge is 0.259 e. The van der Waals surface area contributed by atoms with Gasteiger partial charge in [-0.25, -0.2) is 0 Å². The summed E-state index contributed by atoms with van der Waals surface area (Å²) < 4.78 is 6.51. The van der Waals surface area contributed by atoms with Gasteiger partial charge in [0, 0.05) is 20.2 Å². The number of halogens is 3. The molecule has 0 aliphatic heterocycles. The minimum absolute atomic E-state index is 0.281. The van der Waals surface area contributed by atoms with E-state index >= 15 is 0 Å². The van der Waals surface area contributed by atoms with Crippen LogP contribution in [0.25, 0.3) is 0 Å². The lowest BCUT2D eigenvalue weighted by atomic mass is 10.2. The molecule has 0 radical (unpaired) electrons. The molecule has 0 heterocycles. The predicted molar refractivity (Wildman–Crippen MR) is 99.0 cm³/mol. The number of rotatable bonds is 6. The van der Waals surface area contributed by atoms with Gasteiger partial charge in [0.05, 0.1) is 12.2 Å². The second-order valence-corrected chi connectivity index (χ2v) is 6.74. The Kier molecular flexibility index (Phi) is 6.75. The molecular formula is C17H16BrCl2NO2. The molecule has 2 rings (SSSR count). The summed E-state index contributed by atoms with van der Waals surface area (Å²) in [6.45, 7) is 2.66. The number of benzene rings is 2. The van der Waals surface area contributed by atoms with Gasteiger partial charge in [-0.05, 0) is 42.8 Å². The number of nitrogens with one attached hydrogen (secondary N) is 1. The van der Waals surface area contributed by atoms with Gasteiger partial charge in [-0.3, -0.25) is 4.79 Å². The molecule has 6 heteroatoms. The maximum atomic E-state index is 12.5. The second kappa shape index (κ2) is 8.57. The number of carbonyl (C=O) groups excluding carboxylic acids is 1. The van der Waals surface area contributed by atoms with Crippen LogP contribution in [0.1, 0.15) is 30.1 Å². The highest BCUT2D eigenvalue weighted by Crippen LogP contribution is 2.27. The van der Waals surface area contributed by atoms with E-state index in [-0.39, 0.29) is 5.91 Å². The standard InChI is InChI=1S/C17H16BrCl2NO2/c1-2-3-6-23-16-5-4-11(18)7-15(16)17(22)21-14-9-12(19)8-13(20)10-14/h4-5,7-10H,2-3,6H2,1H3,(H,21,22). The summed E-state index contributed by atoms with van der Waals surface area (Å²) in [6, 6.07) is 10.2. The van der Waals surface area contributed by atoms with Crippen LogP contribution in [-0.2, 0) is 0 Å². The Balaban J connectivity index is 2.21. The minimum atomic E-state index is -0.281. The highest BCUT2D eigenvalue weighted by Gasteiger charge is 2.14. The number of hydrogen-bond donors (Lipinski definition) is 1. The number of hydrogen-bond acceptors (Lipinski definition) is 2. The van der Waals surface area contributed by atoms with Crippen LogP contribution in [0.2, 0.25) is 10.0 Å². The van der Waals surface area contributed by atoms with Crippen molar-refractivity contribution in [3.8, 4) is 5.75 Å². The molecule has 1 N–H and O–H groups in total. The average molecular weight is 417 g/mol. The molecule has 0 atom stereocenters. The molecule has 23 heavy (non-hydrogen) atoms. The van der Waals surface area contributed by atoms with E-state index in [9.17, 15) is 4.79 Å². The van der Waals surface area contributed by atoms with Crippen molar-refractivity contribution in [1.29, 1.82) is 0 Å². The van der Waals surface area contributed by atoms with Crippen LogP contribution >= 0.6 is 39.1 Å². The quantitative estimate of drug-likeness (QED) is 0.570. The van der Waals surface area contributed by atoms with Gasteiger partial charge >= 0.3 is 0 Å². The minimum Gasteiger partial charge on any atom is -0.493 e. The van der Waals surface area contributed by atoms with Gasteiger partial charge in [0.25, 0.3) is 5.91 Å². The number of anilines is 1. The van der Waals surface area contributed by atoms with Crippen molar-refractivity contribution in [2.75, 3.05) is 11.9 Å². The van der Waals surface area contributed by atoms with Crippen LogP contribution in [-0.4, -0.2) is 12.5 Å². The third-order valence-corrected chi connectivity index (χ3v) is 3.99.